The highest BCUT2D eigenvalue weighted by atomic mass is 35.5. The lowest BCUT2D eigenvalue weighted by Crippen LogP contribution is -2.18. The van der Waals surface area contributed by atoms with E-state index in [4.69, 9.17) is 16.3 Å². The van der Waals surface area contributed by atoms with E-state index in [9.17, 15) is 0 Å². The monoisotopic (exact) mass is 297 g/mol. The predicted molar refractivity (Wildman–Crippen MR) is 78.7 cm³/mol. The van der Waals surface area contributed by atoms with Crippen molar-refractivity contribution in [3.63, 3.8) is 0 Å². The van der Waals surface area contributed by atoms with Crippen LogP contribution in [0.2, 0.25) is 5.02 Å². The van der Waals surface area contributed by atoms with E-state index in [-0.39, 0.29) is 0 Å². The van der Waals surface area contributed by atoms with Crippen molar-refractivity contribution in [3.8, 4) is 10.6 Å². The molecular formula is C13H16ClN3OS. The zero-order chi connectivity index (χ0) is 13.7. The summed E-state index contributed by atoms with van der Waals surface area (Å²) in [6, 6.07) is 5.94. The van der Waals surface area contributed by atoms with Gasteiger partial charge in [-0.15, -0.1) is 10.2 Å². The Kier molecular flexibility index (Phi) is 5.27. The van der Waals surface area contributed by atoms with E-state index in [0.29, 0.717) is 13.2 Å². The van der Waals surface area contributed by atoms with Crippen molar-refractivity contribution >= 4 is 22.9 Å². The molecule has 0 aliphatic carbocycles. The molecule has 1 heterocycles. The van der Waals surface area contributed by atoms with Gasteiger partial charge in [0.1, 0.15) is 10.0 Å². The van der Waals surface area contributed by atoms with Gasteiger partial charge >= 0.3 is 0 Å². The quantitative estimate of drug-likeness (QED) is 0.833. The summed E-state index contributed by atoms with van der Waals surface area (Å²) in [7, 11) is 1.68. The summed E-state index contributed by atoms with van der Waals surface area (Å²) < 4.78 is 4.97. The average Bonchev–Trinajstić information content (AvgIpc) is 2.87. The minimum atomic E-state index is 0.690. The van der Waals surface area contributed by atoms with Crippen molar-refractivity contribution in [1.29, 1.82) is 0 Å². The molecule has 0 fully saturated rings. The Bertz CT molecular complexity index is 544. The Labute approximate surface area is 121 Å². The van der Waals surface area contributed by atoms with Crippen LogP contribution in [0.3, 0.4) is 0 Å². The van der Waals surface area contributed by atoms with Crippen LogP contribution in [0.25, 0.3) is 10.6 Å². The number of methoxy groups -OCH3 is 1. The first-order valence-corrected chi connectivity index (χ1v) is 7.19. The molecule has 0 unspecified atom stereocenters. The number of nitrogens with one attached hydrogen (secondary N) is 1. The Hall–Kier alpha value is -1.01. The Morgan fingerprint density at radius 3 is 3.00 bits per heavy atom. The molecule has 4 nitrogen and oxygen atoms in total. The number of benzene rings is 1. The first-order valence-electron chi connectivity index (χ1n) is 6.00. The van der Waals surface area contributed by atoms with E-state index in [1.807, 2.05) is 25.1 Å². The highest BCUT2D eigenvalue weighted by Gasteiger charge is 2.11. The van der Waals surface area contributed by atoms with Gasteiger partial charge in [0.15, 0.2) is 0 Å². The molecule has 2 aromatic rings. The minimum Gasteiger partial charge on any atom is -0.383 e. The van der Waals surface area contributed by atoms with Gasteiger partial charge in [-0.1, -0.05) is 41.1 Å². The lowest BCUT2D eigenvalue weighted by molar-refractivity contribution is 0.199. The van der Waals surface area contributed by atoms with Crippen molar-refractivity contribution in [1.82, 2.24) is 15.5 Å². The van der Waals surface area contributed by atoms with E-state index < -0.39 is 0 Å². The van der Waals surface area contributed by atoms with Crippen molar-refractivity contribution < 1.29 is 4.74 Å². The molecule has 0 aliphatic heterocycles. The molecule has 0 atom stereocenters. The summed E-state index contributed by atoms with van der Waals surface area (Å²) in [6.07, 6.45) is 0. The third-order valence-electron chi connectivity index (χ3n) is 2.65. The van der Waals surface area contributed by atoms with Crippen molar-refractivity contribution in [2.75, 3.05) is 20.3 Å². The maximum Gasteiger partial charge on any atom is 0.149 e. The molecule has 6 heteroatoms. The zero-order valence-electron chi connectivity index (χ0n) is 10.9. The van der Waals surface area contributed by atoms with E-state index in [2.05, 4.69) is 15.5 Å². The molecule has 0 saturated heterocycles. The van der Waals surface area contributed by atoms with Crippen LogP contribution in [0.15, 0.2) is 18.2 Å². The Morgan fingerprint density at radius 1 is 1.37 bits per heavy atom. The molecule has 1 N–H and O–H groups in total. The van der Waals surface area contributed by atoms with Crippen LogP contribution in [0.4, 0.5) is 0 Å². The maximum absolute atomic E-state index is 6.29. The summed E-state index contributed by atoms with van der Waals surface area (Å²) in [6.45, 7) is 4.18. The number of hydrogen-bond acceptors (Lipinski definition) is 5. The second-order valence-corrected chi connectivity index (χ2v) is 5.55. The van der Waals surface area contributed by atoms with Gasteiger partial charge in [-0.2, -0.15) is 0 Å². The highest BCUT2D eigenvalue weighted by molar-refractivity contribution is 7.14. The molecule has 19 heavy (non-hydrogen) atoms. The summed E-state index contributed by atoms with van der Waals surface area (Å²) in [4.78, 5) is 0. The van der Waals surface area contributed by atoms with Crippen LogP contribution in [0, 0.1) is 6.92 Å². The van der Waals surface area contributed by atoms with Crippen molar-refractivity contribution in [3.05, 3.63) is 33.8 Å². The van der Waals surface area contributed by atoms with Crippen LogP contribution in [0.1, 0.15) is 10.6 Å². The molecule has 0 saturated carbocycles. The maximum atomic E-state index is 6.29. The van der Waals surface area contributed by atoms with E-state index in [1.165, 1.54) is 0 Å². The lowest BCUT2D eigenvalue weighted by atomic mass is 10.1. The van der Waals surface area contributed by atoms with Crippen LogP contribution < -0.4 is 5.32 Å². The number of rotatable bonds is 6. The van der Waals surface area contributed by atoms with Gasteiger partial charge in [0.25, 0.3) is 0 Å². The molecule has 102 valence electrons. The number of aryl methyl sites for hydroxylation is 1. The summed E-state index contributed by atoms with van der Waals surface area (Å²) >= 11 is 7.85. The van der Waals surface area contributed by atoms with Crippen LogP contribution >= 0.6 is 22.9 Å². The molecule has 0 spiro atoms. The highest BCUT2D eigenvalue weighted by Crippen LogP contribution is 2.32. The summed E-state index contributed by atoms with van der Waals surface area (Å²) in [5.74, 6) is 0. The van der Waals surface area contributed by atoms with Gasteiger partial charge in [0.05, 0.1) is 11.6 Å². The second kappa shape index (κ2) is 6.96. The number of nitrogens with zero attached hydrogens (tertiary/aromatic N) is 2. The van der Waals surface area contributed by atoms with Gasteiger partial charge in [0.2, 0.25) is 0 Å². The fraction of sp³-hybridized carbons (Fsp3) is 0.385. The van der Waals surface area contributed by atoms with Crippen LogP contribution in [-0.2, 0) is 11.3 Å². The molecule has 0 bridgehead atoms. The normalized spacial score (nSPS) is 10.9. The third kappa shape index (κ3) is 3.73. The number of ether oxygens (including phenoxy) is 1. The fourth-order valence-corrected chi connectivity index (χ4v) is 2.73. The number of hydrogen-bond donors (Lipinski definition) is 1. The second-order valence-electron chi connectivity index (χ2n) is 4.11. The molecule has 0 aliphatic rings. The van der Waals surface area contributed by atoms with E-state index in [1.54, 1.807) is 18.4 Å². The number of halogens is 1. The number of aromatic nitrogens is 2. The van der Waals surface area contributed by atoms with Crippen LogP contribution in [0.5, 0.6) is 0 Å². The topological polar surface area (TPSA) is 47.0 Å². The zero-order valence-corrected chi connectivity index (χ0v) is 12.5. The molecule has 2 rings (SSSR count). The van der Waals surface area contributed by atoms with Crippen molar-refractivity contribution in [2.24, 2.45) is 0 Å². The first-order chi connectivity index (χ1) is 9.22. The molecule has 0 radical (unpaired) electrons. The van der Waals surface area contributed by atoms with Crippen LogP contribution in [-0.4, -0.2) is 30.5 Å². The summed E-state index contributed by atoms with van der Waals surface area (Å²) in [5, 5.41) is 14.2. The summed E-state index contributed by atoms with van der Waals surface area (Å²) in [5.41, 5.74) is 2.00. The molecule has 0 amide bonds. The van der Waals surface area contributed by atoms with Gasteiger partial charge in [-0.05, 0) is 12.5 Å². The SMILES string of the molecule is COCCNCc1nnc(-c2cccc(C)c2Cl)s1. The smallest absolute Gasteiger partial charge is 0.149 e. The van der Waals surface area contributed by atoms with Crippen molar-refractivity contribution in [2.45, 2.75) is 13.5 Å². The third-order valence-corrected chi connectivity index (χ3v) is 4.11. The van der Waals surface area contributed by atoms with E-state index >= 15 is 0 Å². The predicted octanol–water partition coefficient (Wildman–Crippen LogP) is 2.90. The molecular weight excluding hydrogens is 282 g/mol. The van der Waals surface area contributed by atoms with Gasteiger partial charge < -0.3 is 10.1 Å². The van der Waals surface area contributed by atoms with Gasteiger partial charge in [-0.3, -0.25) is 0 Å². The Morgan fingerprint density at radius 2 is 2.21 bits per heavy atom. The Balaban J connectivity index is 2.06. The fourth-order valence-electron chi connectivity index (χ4n) is 1.62. The van der Waals surface area contributed by atoms with E-state index in [0.717, 1.165) is 32.7 Å². The lowest BCUT2D eigenvalue weighted by Gasteiger charge is -2.02. The molecule has 1 aromatic carbocycles. The first kappa shape index (κ1) is 14.4. The van der Waals surface area contributed by atoms with Gasteiger partial charge in [0, 0.05) is 25.8 Å². The standard InChI is InChI=1S/C13H16ClN3OS/c1-9-4-3-5-10(12(9)14)13-17-16-11(19-13)8-15-6-7-18-2/h3-5,15H,6-8H2,1-2H3. The largest absolute Gasteiger partial charge is 0.383 e. The molecule has 1 aromatic heterocycles. The minimum absolute atomic E-state index is 0.690. The van der Waals surface area contributed by atoms with Gasteiger partial charge in [-0.25, -0.2) is 0 Å². The average molecular weight is 298 g/mol.